The second-order valence-electron chi connectivity index (χ2n) is 6.22. The molecule has 1 aliphatic heterocycles. The molecule has 2 aromatic heterocycles. The third-order valence-electron chi connectivity index (χ3n) is 4.50. The first-order chi connectivity index (χ1) is 12.7. The van der Waals surface area contributed by atoms with Crippen LogP contribution < -0.4 is 10.6 Å². The molecule has 0 aliphatic carbocycles. The first-order valence-corrected chi connectivity index (χ1v) is 8.44. The second kappa shape index (κ2) is 6.87. The largest absolute Gasteiger partial charge is 0.467 e. The van der Waals surface area contributed by atoms with Crippen molar-refractivity contribution >= 4 is 17.5 Å². The summed E-state index contributed by atoms with van der Waals surface area (Å²) in [4.78, 5) is 28.9. The first kappa shape index (κ1) is 16.1. The van der Waals surface area contributed by atoms with Gasteiger partial charge in [0, 0.05) is 23.8 Å². The van der Waals surface area contributed by atoms with Crippen LogP contribution in [0.3, 0.4) is 0 Å². The summed E-state index contributed by atoms with van der Waals surface area (Å²) < 4.78 is 7.18. The van der Waals surface area contributed by atoms with Crippen LogP contribution in [0, 0.1) is 5.92 Å². The number of imidazole rings is 1. The number of aromatic nitrogens is 2. The molecule has 132 valence electrons. The van der Waals surface area contributed by atoms with Gasteiger partial charge in [-0.25, -0.2) is 4.98 Å². The van der Waals surface area contributed by atoms with Crippen LogP contribution >= 0.6 is 0 Å². The Bertz CT molecular complexity index is 903. The van der Waals surface area contributed by atoms with Gasteiger partial charge in [0.15, 0.2) is 0 Å². The van der Waals surface area contributed by atoms with E-state index in [-0.39, 0.29) is 17.9 Å². The lowest BCUT2D eigenvalue weighted by Gasteiger charge is -2.27. The fraction of sp³-hybridized carbons (Fsp3) is 0.211. The number of carbonyl (C=O) groups excluding carboxylic acids is 2. The molecule has 1 aromatic carbocycles. The fourth-order valence-corrected chi connectivity index (χ4v) is 3.15. The predicted octanol–water partition coefficient (Wildman–Crippen LogP) is 2.67. The number of hydrogen-bond acceptors (Lipinski definition) is 4. The van der Waals surface area contributed by atoms with Gasteiger partial charge in [0.1, 0.15) is 11.7 Å². The standard InChI is InChI=1S/C19H18N4O3/c24-18(15-6-7-16(22-19(15)25)17-5-2-10-26-17)21-13-3-1-4-14(11-13)23-9-8-20-12-23/h1-5,8-12,15-16H,6-7H2,(H,21,24)(H,22,25). The number of carbonyl (C=O) groups is 2. The Morgan fingerprint density at radius 2 is 2.19 bits per heavy atom. The summed E-state index contributed by atoms with van der Waals surface area (Å²) >= 11 is 0. The summed E-state index contributed by atoms with van der Waals surface area (Å²) in [5.41, 5.74) is 1.52. The van der Waals surface area contributed by atoms with E-state index in [1.165, 1.54) is 0 Å². The van der Waals surface area contributed by atoms with Gasteiger partial charge in [0.05, 0.1) is 18.6 Å². The molecule has 7 nitrogen and oxygen atoms in total. The van der Waals surface area contributed by atoms with Crippen molar-refractivity contribution in [2.24, 2.45) is 5.92 Å². The van der Waals surface area contributed by atoms with Crippen molar-refractivity contribution in [2.45, 2.75) is 18.9 Å². The summed E-state index contributed by atoms with van der Waals surface area (Å²) in [7, 11) is 0. The lowest BCUT2D eigenvalue weighted by molar-refractivity contribution is -0.135. The van der Waals surface area contributed by atoms with Crippen LogP contribution in [0.1, 0.15) is 24.6 Å². The topological polar surface area (TPSA) is 89.2 Å². The van der Waals surface area contributed by atoms with Crippen LogP contribution in [0.4, 0.5) is 5.69 Å². The number of nitrogens with zero attached hydrogens (tertiary/aromatic N) is 2. The number of nitrogens with one attached hydrogen (secondary N) is 2. The van der Waals surface area contributed by atoms with E-state index in [1.807, 2.05) is 35.0 Å². The maximum absolute atomic E-state index is 12.6. The molecule has 4 rings (SSSR count). The Balaban J connectivity index is 1.42. The maximum Gasteiger partial charge on any atom is 0.236 e. The summed E-state index contributed by atoms with van der Waals surface area (Å²) in [6, 6.07) is 10.8. The van der Waals surface area contributed by atoms with Crippen molar-refractivity contribution in [1.82, 2.24) is 14.9 Å². The van der Waals surface area contributed by atoms with Crippen molar-refractivity contribution in [3.05, 3.63) is 67.1 Å². The number of hydrogen-bond donors (Lipinski definition) is 2. The van der Waals surface area contributed by atoms with Gasteiger partial charge < -0.3 is 19.6 Å². The second-order valence-corrected chi connectivity index (χ2v) is 6.22. The van der Waals surface area contributed by atoms with Gasteiger partial charge in [-0.05, 0) is 43.2 Å². The van der Waals surface area contributed by atoms with Crippen molar-refractivity contribution in [1.29, 1.82) is 0 Å². The average Bonchev–Trinajstić information content (AvgIpc) is 3.36. The van der Waals surface area contributed by atoms with Crippen LogP contribution in [0.25, 0.3) is 5.69 Å². The number of piperidine rings is 1. The highest BCUT2D eigenvalue weighted by Crippen LogP contribution is 2.27. The van der Waals surface area contributed by atoms with Gasteiger partial charge in [-0.1, -0.05) is 6.07 Å². The molecule has 2 atom stereocenters. The van der Waals surface area contributed by atoms with Gasteiger partial charge >= 0.3 is 0 Å². The monoisotopic (exact) mass is 350 g/mol. The first-order valence-electron chi connectivity index (χ1n) is 8.44. The Kier molecular flexibility index (Phi) is 4.27. The Morgan fingerprint density at radius 3 is 2.92 bits per heavy atom. The highest BCUT2D eigenvalue weighted by molar-refractivity contribution is 6.06. The van der Waals surface area contributed by atoms with E-state index in [1.54, 1.807) is 30.9 Å². The summed E-state index contributed by atoms with van der Waals surface area (Å²) in [5, 5.41) is 5.70. The van der Waals surface area contributed by atoms with Crippen molar-refractivity contribution in [3.8, 4) is 5.69 Å². The van der Waals surface area contributed by atoms with E-state index < -0.39 is 5.92 Å². The third kappa shape index (κ3) is 3.23. The van der Waals surface area contributed by atoms with Gasteiger partial charge in [-0.15, -0.1) is 0 Å². The molecular formula is C19H18N4O3. The average molecular weight is 350 g/mol. The van der Waals surface area contributed by atoms with Crippen molar-refractivity contribution < 1.29 is 14.0 Å². The van der Waals surface area contributed by atoms with Gasteiger partial charge in [-0.3, -0.25) is 9.59 Å². The van der Waals surface area contributed by atoms with Crippen LogP contribution in [0.2, 0.25) is 0 Å². The molecule has 1 aliphatic rings. The number of benzene rings is 1. The zero-order valence-corrected chi connectivity index (χ0v) is 14.0. The summed E-state index contributed by atoms with van der Waals surface area (Å²) in [6.07, 6.45) is 7.91. The van der Waals surface area contributed by atoms with Gasteiger partial charge in [0.25, 0.3) is 0 Å². The van der Waals surface area contributed by atoms with E-state index in [0.717, 1.165) is 5.69 Å². The van der Waals surface area contributed by atoms with Crippen LogP contribution in [-0.2, 0) is 9.59 Å². The normalized spacial score (nSPS) is 19.8. The van der Waals surface area contributed by atoms with E-state index >= 15 is 0 Å². The van der Waals surface area contributed by atoms with E-state index in [0.29, 0.717) is 24.3 Å². The Hall–Kier alpha value is -3.35. The minimum Gasteiger partial charge on any atom is -0.467 e. The van der Waals surface area contributed by atoms with Crippen LogP contribution in [0.15, 0.2) is 65.8 Å². The molecule has 2 unspecified atom stereocenters. The Morgan fingerprint density at radius 1 is 1.27 bits per heavy atom. The van der Waals surface area contributed by atoms with Crippen LogP contribution in [-0.4, -0.2) is 21.4 Å². The lowest BCUT2D eigenvalue weighted by atomic mass is 9.92. The number of amides is 2. The molecule has 1 fully saturated rings. The van der Waals surface area contributed by atoms with E-state index in [4.69, 9.17) is 4.42 Å². The molecule has 3 heterocycles. The van der Waals surface area contributed by atoms with Crippen molar-refractivity contribution in [3.63, 3.8) is 0 Å². The number of anilines is 1. The van der Waals surface area contributed by atoms with Crippen molar-refractivity contribution in [2.75, 3.05) is 5.32 Å². The minimum atomic E-state index is -0.710. The van der Waals surface area contributed by atoms with E-state index in [9.17, 15) is 9.59 Å². The predicted molar refractivity (Wildman–Crippen MR) is 94.5 cm³/mol. The zero-order valence-electron chi connectivity index (χ0n) is 14.0. The highest BCUT2D eigenvalue weighted by Gasteiger charge is 2.34. The van der Waals surface area contributed by atoms with Gasteiger partial charge in [0.2, 0.25) is 11.8 Å². The molecule has 7 heteroatoms. The Labute approximate surface area is 150 Å². The fourth-order valence-electron chi connectivity index (χ4n) is 3.15. The quantitative estimate of drug-likeness (QED) is 0.708. The molecular weight excluding hydrogens is 332 g/mol. The highest BCUT2D eigenvalue weighted by atomic mass is 16.3. The van der Waals surface area contributed by atoms with Gasteiger partial charge in [-0.2, -0.15) is 0 Å². The molecule has 2 amide bonds. The zero-order chi connectivity index (χ0) is 17.9. The number of furan rings is 1. The smallest absolute Gasteiger partial charge is 0.236 e. The van der Waals surface area contributed by atoms with E-state index in [2.05, 4.69) is 15.6 Å². The SMILES string of the molecule is O=C(Nc1cccc(-n2ccnc2)c1)C1CCC(c2ccco2)NC1=O. The van der Waals surface area contributed by atoms with Crippen LogP contribution in [0.5, 0.6) is 0 Å². The molecule has 1 saturated heterocycles. The molecule has 26 heavy (non-hydrogen) atoms. The molecule has 3 aromatic rings. The number of rotatable bonds is 4. The third-order valence-corrected chi connectivity index (χ3v) is 4.50. The summed E-state index contributed by atoms with van der Waals surface area (Å²) in [5.74, 6) is -0.576. The molecule has 2 N–H and O–H groups in total. The maximum atomic E-state index is 12.6. The molecule has 0 bridgehead atoms. The molecule has 0 radical (unpaired) electrons. The molecule has 0 spiro atoms. The minimum absolute atomic E-state index is 0.175. The molecule has 0 saturated carbocycles. The summed E-state index contributed by atoms with van der Waals surface area (Å²) in [6.45, 7) is 0. The lowest BCUT2D eigenvalue weighted by Crippen LogP contribution is -2.44.